The van der Waals surface area contributed by atoms with Crippen molar-refractivity contribution in [2.75, 3.05) is 5.32 Å². The van der Waals surface area contributed by atoms with Crippen LogP contribution in [0.5, 0.6) is 0 Å². The Bertz CT molecular complexity index is 610. The third-order valence-corrected chi connectivity index (χ3v) is 3.84. The van der Waals surface area contributed by atoms with Gasteiger partial charge in [0.2, 0.25) is 0 Å². The summed E-state index contributed by atoms with van der Waals surface area (Å²) in [6.45, 7) is 4.06. The molecule has 1 unspecified atom stereocenters. The number of rotatable bonds is 4. The molecule has 2 rings (SSSR count). The highest BCUT2D eigenvalue weighted by Gasteiger charge is 2.09. The first-order chi connectivity index (χ1) is 10.1. The third kappa shape index (κ3) is 4.60. The molecule has 0 heterocycles. The van der Waals surface area contributed by atoms with Gasteiger partial charge in [0.1, 0.15) is 0 Å². The summed E-state index contributed by atoms with van der Waals surface area (Å²) in [5.41, 5.74) is 3.08. The molecule has 2 amide bonds. The number of hydrogen-bond donors (Lipinski definition) is 2. The summed E-state index contributed by atoms with van der Waals surface area (Å²) >= 11 is 3.40. The average molecular weight is 347 g/mol. The Labute approximate surface area is 133 Å². The smallest absolute Gasteiger partial charge is 0.319 e. The maximum Gasteiger partial charge on any atom is 0.319 e. The van der Waals surface area contributed by atoms with Crippen molar-refractivity contribution in [1.29, 1.82) is 0 Å². The minimum Gasteiger partial charge on any atom is -0.331 e. The van der Waals surface area contributed by atoms with Crippen molar-refractivity contribution in [2.24, 2.45) is 0 Å². The molecule has 2 N–H and O–H groups in total. The highest BCUT2D eigenvalue weighted by Crippen LogP contribution is 2.17. The van der Waals surface area contributed by atoms with Gasteiger partial charge in [0.15, 0.2) is 0 Å². The van der Waals surface area contributed by atoms with Gasteiger partial charge in [-0.2, -0.15) is 0 Å². The zero-order valence-electron chi connectivity index (χ0n) is 12.2. The van der Waals surface area contributed by atoms with E-state index in [1.807, 2.05) is 55.5 Å². The predicted octanol–water partition coefficient (Wildman–Crippen LogP) is 4.89. The van der Waals surface area contributed by atoms with Crippen LogP contribution in [0.4, 0.5) is 10.5 Å². The van der Waals surface area contributed by atoms with Gasteiger partial charge >= 0.3 is 6.03 Å². The number of carbonyl (C=O) groups excluding carboxylic acids is 1. The zero-order chi connectivity index (χ0) is 15.2. The number of benzene rings is 2. The van der Waals surface area contributed by atoms with Crippen LogP contribution in [-0.4, -0.2) is 6.03 Å². The van der Waals surface area contributed by atoms with E-state index in [1.54, 1.807) is 0 Å². The lowest BCUT2D eigenvalue weighted by atomic mass is 10.1. The molecule has 4 heteroatoms. The van der Waals surface area contributed by atoms with E-state index in [-0.39, 0.29) is 12.1 Å². The number of urea groups is 1. The average Bonchev–Trinajstić information content (AvgIpc) is 2.47. The monoisotopic (exact) mass is 346 g/mol. The first-order valence-electron chi connectivity index (χ1n) is 7.00. The molecule has 21 heavy (non-hydrogen) atoms. The van der Waals surface area contributed by atoms with Gasteiger partial charge in [-0.3, -0.25) is 0 Å². The highest BCUT2D eigenvalue weighted by atomic mass is 79.9. The second kappa shape index (κ2) is 7.27. The Morgan fingerprint density at radius 3 is 2.57 bits per heavy atom. The standard InChI is InChI=1S/C17H19BrN2O/c1-3-13-5-4-6-16(11-13)20-17(21)19-12(2)14-7-9-15(18)10-8-14/h4-12H,3H2,1-2H3,(H2,19,20,21). The fraction of sp³-hybridized carbons (Fsp3) is 0.235. The van der Waals surface area contributed by atoms with Crippen LogP contribution >= 0.6 is 15.9 Å². The van der Waals surface area contributed by atoms with Gasteiger partial charge in [0.25, 0.3) is 0 Å². The van der Waals surface area contributed by atoms with Crippen molar-refractivity contribution in [3.8, 4) is 0 Å². The van der Waals surface area contributed by atoms with Crippen LogP contribution in [-0.2, 0) is 6.42 Å². The molecule has 0 spiro atoms. The van der Waals surface area contributed by atoms with Crippen molar-refractivity contribution in [3.05, 3.63) is 64.1 Å². The second-order valence-electron chi connectivity index (χ2n) is 4.93. The van der Waals surface area contributed by atoms with E-state index in [9.17, 15) is 4.79 Å². The molecule has 1 atom stereocenters. The Kier molecular flexibility index (Phi) is 5.39. The SMILES string of the molecule is CCc1cccc(NC(=O)NC(C)c2ccc(Br)cc2)c1. The van der Waals surface area contributed by atoms with E-state index < -0.39 is 0 Å². The van der Waals surface area contributed by atoms with Gasteiger partial charge < -0.3 is 10.6 Å². The molecule has 2 aromatic rings. The number of anilines is 1. The number of halogens is 1. The van der Waals surface area contributed by atoms with Crippen molar-refractivity contribution >= 4 is 27.6 Å². The van der Waals surface area contributed by atoms with Crippen molar-refractivity contribution < 1.29 is 4.79 Å². The van der Waals surface area contributed by atoms with Crippen LogP contribution in [0.25, 0.3) is 0 Å². The van der Waals surface area contributed by atoms with E-state index >= 15 is 0 Å². The van der Waals surface area contributed by atoms with E-state index in [0.29, 0.717) is 0 Å². The van der Waals surface area contributed by atoms with Crippen LogP contribution in [0.15, 0.2) is 53.0 Å². The van der Waals surface area contributed by atoms with Crippen LogP contribution in [0.1, 0.15) is 31.0 Å². The molecule has 3 nitrogen and oxygen atoms in total. The largest absolute Gasteiger partial charge is 0.331 e. The molecule has 0 aromatic heterocycles. The number of carbonyl (C=O) groups is 1. The summed E-state index contributed by atoms with van der Waals surface area (Å²) < 4.78 is 1.03. The Balaban J connectivity index is 1.96. The lowest BCUT2D eigenvalue weighted by Gasteiger charge is -2.15. The van der Waals surface area contributed by atoms with E-state index in [1.165, 1.54) is 5.56 Å². The number of nitrogens with one attached hydrogen (secondary N) is 2. The fourth-order valence-electron chi connectivity index (χ4n) is 2.07. The summed E-state index contributed by atoms with van der Waals surface area (Å²) in [5, 5.41) is 5.81. The third-order valence-electron chi connectivity index (χ3n) is 3.31. The van der Waals surface area contributed by atoms with Gasteiger partial charge in [-0.25, -0.2) is 4.79 Å². The molecule has 0 aliphatic heterocycles. The van der Waals surface area contributed by atoms with Crippen LogP contribution in [0.3, 0.4) is 0 Å². The summed E-state index contributed by atoms with van der Waals surface area (Å²) in [7, 11) is 0. The first kappa shape index (κ1) is 15.6. The van der Waals surface area contributed by atoms with E-state index in [2.05, 4.69) is 33.5 Å². The Hall–Kier alpha value is -1.81. The fourth-order valence-corrected chi connectivity index (χ4v) is 2.33. The van der Waals surface area contributed by atoms with Gasteiger partial charge in [0, 0.05) is 10.2 Å². The molecule has 2 aromatic carbocycles. The molecular formula is C17H19BrN2O. The van der Waals surface area contributed by atoms with Gasteiger partial charge in [0.05, 0.1) is 6.04 Å². The molecule has 0 radical (unpaired) electrons. The number of hydrogen-bond acceptors (Lipinski definition) is 1. The predicted molar refractivity (Wildman–Crippen MR) is 90.5 cm³/mol. The summed E-state index contributed by atoms with van der Waals surface area (Å²) in [4.78, 5) is 12.0. The molecule has 0 bridgehead atoms. The second-order valence-corrected chi connectivity index (χ2v) is 5.84. The normalized spacial score (nSPS) is 11.8. The lowest BCUT2D eigenvalue weighted by molar-refractivity contribution is 0.249. The first-order valence-corrected chi connectivity index (χ1v) is 7.79. The molecule has 0 saturated carbocycles. The Morgan fingerprint density at radius 2 is 1.90 bits per heavy atom. The summed E-state index contributed by atoms with van der Waals surface area (Å²) in [6.07, 6.45) is 0.951. The summed E-state index contributed by atoms with van der Waals surface area (Å²) in [6, 6.07) is 15.6. The number of amides is 2. The maximum atomic E-state index is 12.0. The quantitative estimate of drug-likeness (QED) is 0.812. The van der Waals surface area contributed by atoms with Crippen LogP contribution in [0, 0.1) is 0 Å². The van der Waals surface area contributed by atoms with Crippen LogP contribution in [0.2, 0.25) is 0 Å². The summed E-state index contributed by atoms with van der Waals surface area (Å²) in [5.74, 6) is 0. The topological polar surface area (TPSA) is 41.1 Å². The van der Waals surface area contributed by atoms with E-state index in [4.69, 9.17) is 0 Å². The van der Waals surface area contributed by atoms with Crippen molar-refractivity contribution in [2.45, 2.75) is 26.3 Å². The maximum absolute atomic E-state index is 12.0. The molecule has 0 fully saturated rings. The lowest BCUT2D eigenvalue weighted by Crippen LogP contribution is -2.31. The zero-order valence-corrected chi connectivity index (χ0v) is 13.8. The molecular weight excluding hydrogens is 328 g/mol. The van der Waals surface area contributed by atoms with Crippen molar-refractivity contribution in [1.82, 2.24) is 5.32 Å². The molecule has 0 saturated heterocycles. The van der Waals surface area contributed by atoms with Crippen LogP contribution < -0.4 is 10.6 Å². The molecule has 0 aliphatic rings. The van der Waals surface area contributed by atoms with Gasteiger partial charge in [-0.15, -0.1) is 0 Å². The highest BCUT2D eigenvalue weighted by molar-refractivity contribution is 9.10. The van der Waals surface area contributed by atoms with Crippen molar-refractivity contribution in [3.63, 3.8) is 0 Å². The Morgan fingerprint density at radius 1 is 1.19 bits per heavy atom. The molecule has 110 valence electrons. The minimum atomic E-state index is -0.196. The van der Waals surface area contributed by atoms with Gasteiger partial charge in [-0.1, -0.05) is 47.1 Å². The minimum absolute atomic E-state index is 0.0487. The molecule has 0 aliphatic carbocycles. The number of aryl methyl sites for hydroxylation is 1. The van der Waals surface area contributed by atoms with E-state index in [0.717, 1.165) is 22.1 Å². The van der Waals surface area contributed by atoms with Gasteiger partial charge in [-0.05, 0) is 48.7 Å².